The standard InChI is InChI=1S/C17H18N6O/c1-13-5-4-8-19-16(13)9-20-17(24)22-15-7-3-2-6-14(15)10-23-12-18-11-21-23/h2-8,11-12H,9-10H2,1H3,(H2,20,22,24). The van der Waals surface area contributed by atoms with Crippen molar-refractivity contribution < 1.29 is 4.79 Å². The van der Waals surface area contributed by atoms with Gasteiger partial charge in [-0.05, 0) is 30.2 Å². The minimum absolute atomic E-state index is 0.272. The molecule has 0 unspecified atom stereocenters. The zero-order valence-electron chi connectivity index (χ0n) is 13.3. The molecule has 3 rings (SSSR count). The molecule has 3 aromatic rings. The van der Waals surface area contributed by atoms with Gasteiger partial charge in [-0.3, -0.25) is 4.98 Å². The summed E-state index contributed by atoms with van der Waals surface area (Å²) in [5, 5.41) is 9.79. The molecule has 0 aliphatic heterocycles. The molecule has 2 N–H and O–H groups in total. The van der Waals surface area contributed by atoms with Crippen LogP contribution in [0.4, 0.5) is 10.5 Å². The summed E-state index contributed by atoms with van der Waals surface area (Å²) in [7, 11) is 0. The number of aromatic nitrogens is 4. The summed E-state index contributed by atoms with van der Waals surface area (Å²) < 4.78 is 1.70. The van der Waals surface area contributed by atoms with Crippen molar-refractivity contribution in [3.8, 4) is 0 Å². The summed E-state index contributed by atoms with van der Waals surface area (Å²) in [5.41, 5.74) is 3.59. The average Bonchev–Trinajstić information content (AvgIpc) is 3.09. The molecule has 0 fully saturated rings. The topological polar surface area (TPSA) is 84.7 Å². The van der Waals surface area contributed by atoms with E-state index in [1.54, 1.807) is 17.2 Å². The number of nitrogens with one attached hydrogen (secondary N) is 2. The van der Waals surface area contributed by atoms with E-state index in [0.29, 0.717) is 13.1 Å². The summed E-state index contributed by atoms with van der Waals surface area (Å²) in [6.45, 7) is 2.88. The number of amides is 2. The van der Waals surface area contributed by atoms with Gasteiger partial charge in [0, 0.05) is 11.9 Å². The van der Waals surface area contributed by atoms with Crippen LogP contribution in [0.2, 0.25) is 0 Å². The number of para-hydroxylation sites is 1. The Morgan fingerprint density at radius 1 is 1.21 bits per heavy atom. The van der Waals surface area contributed by atoms with Crippen LogP contribution in [0.3, 0.4) is 0 Å². The lowest BCUT2D eigenvalue weighted by molar-refractivity contribution is 0.251. The maximum atomic E-state index is 12.2. The van der Waals surface area contributed by atoms with E-state index in [1.165, 1.54) is 6.33 Å². The molecule has 0 spiro atoms. The van der Waals surface area contributed by atoms with Crippen molar-refractivity contribution in [2.24, 2.45) is 0 Å². The Bertz CT molecular complexity index is 815. The normalized spacial score (nSPS) is 10.4. The number of hydrogen-bond donors (Lipinski definition) is 2. The van der Waals surface area contributed by atoms with Gasteiger partial charge >= 0.3 is 6.03 Å². The van der Waals surface area contributed by atoms with E-state index in [2.05, 4.69) is 25.7 Å². The fraction of sp³-hybridized carbons (Fsp3) is 0.176. The van der Waals surface area contributed by atoms with Gasteiger partial charge in [-0.25, -0.2) is 14.5 Å². The van der Waals surface area contributed by atoms with Gasteiger partial charge in [0.1, 0.15) is 12.7 Å². The monoisotopic (exact) mass is 322 g/mol. The summed E-state index contributed by atoms with van der Waals surface area (Å²) in [5.74, 6) is 0. The SMILES string of the molecule is Cc1cccnc1CNC(=O)Nc1ccccc1Cn1cncn1. The van der Waals surface area contributed by atoms with Crippen molar-refractivity contribution in [3.63, 3.8) is 0 Å². The first-order valence-electron chi connectivity index (χ1n) is 7.58. The van der Waals surface area contributed by atoms with Gasteiger partial charge in [0.2, 0.25) is 0 Å². The van der Waals surface area contributed by atoms with Crippen LogP contribution in [0, 0.1) is 6.92 Å². The molecule has 2 heterocycles. The first-order valence-corrected chi connectivity index (χ1v) is 7.58. The molecule has 0 saturated heterocycles. The lowest BCUT2D eigenvalue weighted by Gasteiger charge is -2.12. The molecule has 7 nitrogen and oxygen atoms in total. The third kappa shape index (κ3) is 3.95. The third-order valence-corrected chi connectivity index (χ3v) is 3.60. The highest BCUT2D eigenvalue weighted by Gasteiger charge is 2.08. The van der Waals surface area contributed by atoms with Crippen molar-refractivity contribution in [2.45, 2.75) is 20.0 Å². The predicted octanol–water partition coefficient (Wildman–Crippen LogP) is 2.35. The highest BCUT2D eigenvalue weighted by molar-refractivity contribution is 5.90. The highest BCUT2D eigenvalue weighted by atomic mass is 16.2. The Hall–Kier alpha value is -3.22. The molecular formula is C17H18N6O. The zero-order valence-corrected chi connectivity index (χ0v) is 13.3. The van der Waals surface area contributed by atoms with E-state index in [-0.39, 0.29) is 6.03 Å². The summed E-state index contributed by atoms with van der Waals surface area (Å²) in [6.07, 6.45) is 4.84. The first-order chi connectivity index (χ1) is 11.7. The number of anilines is 1. The second-order valence-electron chi connectivity index (χ2n) is 5.32. The van der Waals surface area contributed by atoms with Crippen LogP contribution >= 0.6 is 0 Å². The molecule has 24 heavy (non-hydrogen) atoms. The molecule has 2 amide bonds. The minimum Gasteiger partial charge on any atom is -0.332 e. The van der Waals surface area contributed by atoms with E-state index in [9.17, 15) is 4.79 Å². The first kappa shape index (κ1) is 15.7. The quantitative estimate of drug-likeness (QED) is 0.755. The van der Waals surface area contributed by atoms with Gasteiger partial charge in [-0.2, -0.15) is 5.10 Å². The fourth-order valence-corrected chi connectivity index (χ4v) is 2.30. The Labute approximate surface area is 139 Å². The van der Waals surface area contributed by atoms with Gasteiger partial charge in [-0.1, -0.05) is 24.3 Å². The Morgan fingerprint density at radius 3 is 2.88 bits per heavy atom. The Kier molecular flexibility index (Phi) is 4.81. The van der Waals surface area contributed by atoms with Crippen LogP contribution in [0.5, 0.6) is 0 Å². The number of urea groups is 1. The molecule has 122 valence electrons. The maximum absolute atomic E-state index is 12.2. The van der Waals surface area contributed by atoms with Gasteiger partial charge in [0.15, 0.2) is 0 Å². The molecule has 7 heteroatoms. The molecule has 0 bridgehead atoms. The molecule has 0 atom stereocenters. The van der Waals surface area contributed by atoms with E-state index < -0.39 is 0 Å². The predicted molar refractivity (Wildman–Crippen MR) is 90.4 cm³/mol. The molecule has 2 aromatic heterocycles. The number of benzene rings is 1. The van der Waals surface area contributed by atoms with Crippen molar-refractivity contribution in [2.75, 3.05) is 5.32 Å². The molecule has 0 aliphatic rings. The van der Waals surface area contributed by atoms with Crippen LogP contribution in [0.1, 0.15) is 16.8 Å². The second kappa shape index (κ2) is 7.36. The third-order valence-electron chi connectivity index (χ3n) is 3.60. The van der Waals surface area contributed by atoms with Crippen LogP contribution in [0.25, 0.3) is 0 Å². The van der Waals surface area contributed by atoms with Crippen molar-refractivity contribution in [1.82, 2.24) is 25.1 Å². The molecule has 0 aliphatic carbocycles. The molecule has 0 radical (unpaired) electrons. The lowest BCUT2D eigenvalue weighted by atomic mass is 10.2. The Balaban J connectivity index is 1.63. The summed E-state index contributed by atoms with van der Waals surface area (Å²) in [6, 6.07) is 11.2. The number of carbonyl (C=O) groups is 1. The number of rotatable bonds is 5. The smallest absolute Gasteiger partial charge is 0.319 e. The summed E-state index contributed by atoms with van der Waals surface area (Å²) >= 11 is 0. The number of pyridine rings is 1. The van der Waals surface area contributed by atoms with Crippen molar-refractivity contribution >= 4 is 11.7 Å². The van der Waals surface area contributed by atoms with Gasteiger partial charge in [0.25, 0.3) is 0 Å². The van der Waals surface area contributed by atoms with Crippen molar-refractivity contribution in [1.29, 1.82) is 0 Å². The van der Waals surface area contributed by atoms with E-state index in [0.717, 1.165) is 22.5 Å². The van der Waals surface area contributed by atoms with Gasteiger partial charge in [0.05, 0.1) is 18.8 Å². The highest BCUT2D eigenvalue weighted by Crippen LogP contribution is 2.16. The fourth-order valence-electron chi connectivity index (χ4n) is 2.30. The van der Waals surface area contributed by atoms with Gasteiger partial charge in [-0.15, -0.1) is 0 Å². The number of nitrogens with zero attached hydrogens (tertiary/aromatic N) is 4. The molecular weight excluding hydrogens is 304 g/mol. The second-order valence-corrected chi connectivity index (χ2v) is 5.32. The van der Waals surface area contributed by atoms with Crippen LogP contribution < -0.4 is 10.6 Å². The number of carbonyl (C=O) groups excluding carboxylic acids is 1. The minimum atomic E-state index is -0.272. The van der Waals surface area contributed by atoms with Crippen LogP contribution in [0.15, 0.2) is 55.2 Å². The number of hydrogen-bond acceptors (Lipinski definition) is 4. The largest absolute Gasteiger partial charge is 0.332 e. The van der Waals surface area contributed by atoms with Crippen LogP contribution in [-0.4, -0.2) is 25.8 Å². The van der Waals surface area contributed by atoms with Crippen LogP contribution in [-0.2, 0) is 13.1 Å². The van der Waals surface area contributed by atoms with Crippen molar-refractivity contribution in [3.05, 3.63) is 72.1 Å². The van der Waals surface area contributed by atoms with E-state index >= 15 is 0 Å². The number of aryl methyl sites for hydroxylation is 1. The Morgan fingerprint density at radius 2 is 2.08 bits per heavy atom. The maximum Gasteiger partial charge on any atom is 0.319 e. The molecule has 0 saturated carbocycles. The molecule has 1 aromatic carbocycles. The summed E-state index contributed by atoms with van der Waals surface area (Å²) in [4.78, 5) is 20.4. The lowest BCUT2D eigenvalue weighted by Crippen LogP contribution is -2.29. The van der Waals surface area contributed by atoms with E-state index in [1.807, 2.05) is 43.3 Å². The van der Waals surface area contributed by atoms with E-state index in [4.69, 9.17) is 0 Å². The zero-order chi connectivity index (χ0) is 16.8. The van der Waals surface area contributed by atoms with Gasteiger partial charge < -0.3 is 10.6 Å². The average molecular weight is 322 g/mol.